The number of anilines is 2. The highest BCUT2D eigenvalue weighted by Gasteiger charge is 2.28. The van der Waals surface area contributed by atoms with Gasteiger partial charge < -0.3 is 10.1 Å². The minimum atomic E-state index is -4.00. The molecule has 4 aromatic carbocycles. The molecule has 0 heterocycles. The number of hydrogen-bond acceptors (Lipinski definition) is 5. The number of carbonyl (C=O) groups is 2. The number of rotatable bonds is 11. The minimum Gasteiger partial charge on any atom is -0.462 e. The van der Waals surface area contributed by atoms with E-state index in [9.17, 15) is 18.0 Å². The van der Waals surface area contributed by atoms with Crippen molar-refractivity contribution < 1.29 is 22.7 Å². The molecule has 0 saturated heterocycles. The summed E-state index contributed by atoms with van der Waals surface area (Å²) in [6, 6.07) is 30.3. The summed E-state index contributed by atoms with van der Waals surface area (Å²) in [5.74, 6) is -0.903. The lowest BCUT2D eigenvalue weighted by Gasteiger charge is -2.26. The number of esters is 1. The smallest absolute Gasteiger partial charge is 0.338 e. The molecule has 0 saturated carbocycles. The first kappa shape index (κ1) is 27.6. The number of ether oxygens (including phenoxy) is 1. The molecule has 7 nitrogen and oxygen atoms in total. The molecule has 0 radical (unpaired) electrons. The van der Waals surface area contributed by atoms with Crippen LogP contribution in [0.5, 0.6) is 0 Å². The summed E-state index contributed by atoms with van der Waals surface area (Å²) in [6.45, 7) is 2.41. The molecule has 4 aromatic rings. The van der Waals surface area contributed by atoms with Gasteiger partial charge in [0, 0.05) is 5.69 Å². The van der Waals surface area contributed by atoms with Crippen molar-refractivity contribution in [2.75, 3.05) is 16.2 Å². The van der Waals surface area contributed by atoms with Crippen molar-refractivity contribution in [3.8, 4) is 0 Å². The molecule has 0 aliphatic rings. The average Bonchev–Trinajstić information content (AvgIpc) is 2.97. The standard InChI is InChI=1S/C31H30N2O5S/c1-2-3-22-38-31(35)25-18-20-26(21-19-25)32-30(34)28-16-10-11-17-29(28)33(23-24-12-6-4-7-13-24)39(36,37)27-14-8-5-9-15-27/h4-21H,2-3,22-23H2,1H3,(H,32,34). The van der Waals surface area contributed by atoms with Crippen LogP contribution >= 0.6 is 0 Å². The van der Waals surface area contributed by atoms with Gasteiger partial charge in [0.05, 0.1) is 34.9 Å². The van der Waals surface area contributed by atoms with E-state index in [0.717, 1.165) is 18.4 Å². The fraction of sp³-hybridized carbons (Fsp3) is 0.161. The van der Waals surface area contributed by atoms with Crippen LogP contribution in [-0.2, 0) is 21.3 Å². The Kier molecular flexibility index (Phi) is 9.12. The van der Waals surface area contributed by atoms with Gasteiger partial charge in [0.25, 0.3) is 15.9 Å². The second kappa shape index (κ2) is 12.9. The lowest BCUT2D eigenvalue weighted by Crippen LogP contribution is -2.32. The summed E-state index contributed by atoms with van der Waals surface area (Å²) in [5.41, 5.74) is 2.05. The van der Waals surface area contributed by atoms with Crippen molar-refractivity contribution in [3.05, 3.63) is 126 Å². The van der Waals surface area contributed by atoms with Gasteiger partial charge in [0.15, 0.2) is 0 Å². The molecule has 0 spiro atoms. The van der Waals surface area contributed by atoms with Gasteiger partial charge in [0.1, 0.15) is 0 Å². The highest BCUT2D eigenvalue weighted by atomic mass is 32.2. The largest absolute Gasteiger partial charge is 0.462 e. The second-order valence-electron chi connectivity index (χ2n) is 8.85. The maximum Gasteiger partial charge on any atom is 0.338 e. The molecule has 0 aliphatic heterocycles. The van der Waals surface area contributed by atoms with Crippen molar-refractivity contribution in [2.24, 2.45) is 0 Å². The molecule has 0 unspecified atom stereocenters. The predicted octanol–water partition coefficient (Wildman–Crippen LogP) is 6.29. The first-order valence-electron chi connectivity index (χ1n) is 12.7. The zero-order valence-corrected chi connectivity index (χ0v) is 22.4. The van der Waals surface area contributed by atoms with Gasteiger partial charge in [-0.1, -0.05) is 74.0 Å². The number of nitrogens with one attached hydrogen (secondary N) is 1. The molecule has 8 heteroatoms. The Morgan fingerprint density at radius 3 is 2.08 bits per heavy atom. The number of sulfonamides is 1. The van der Waals surface area contributed by atoms with Gasteiger partial charge >= 0.3 is 5.97 Å². The summed E-state index contributed by atoms with van der Waals surface area (Å²) in [5, 5.41) is 2.81. The molecule has 0 bridgehead atoms. The highest BCUT2D eigenvalue weighted by Crippen LogP contribution is 2.30. The van der Waals surface area contributed by atoms with Crippen LogP contribution < -0.4 is 9.62 Å². The molecule has 200 valence electrons. The Hall–Kier alpha value is -4.43. The fourth-order valence-corrected chi connectivity index (χ4v) is 5.43. The van der Waals surface area contributed by atoms with Crippen LogP contribution in [0.15, 0.2) is 114 Å². The van der Waals surface area contributed by atoms with Gasteiger partial charge in [-0.25, -0.2) is 13.2 Å². The Morgan fingerprint density at radius 2 is 1.41 bits per heavy atom. The van der Waals surface area contributed by atoms with Crippen molar-refractivity contribution in [3.63, 3.8) is 0 Å². The van der Waals surface area contributed by atoms with E-state index in [2.05, 4.69) is 5.32 Å². The Morgan fingerprint density at radius 1 is 0.795 bits per heavy atom. The molecule has 0 aromatic heterocycles. The number of para-hydroxylation sites is 1. The first-order valence-corrected chi connectivity index (χ1v) is 14.1. The van der Waals surface area contributed by atoms with Gasteiger partial charge in [-0.3, -0.25) is 9.10 Å². The predicted molar refractivity (Wildman–Crippen MR) is 152 cm³/mol. The molecule has 1 N–H and O–H groups in total. The summed E-state index contributed by atoms with van der Waals surface area (Å²) in [4.78, 5) is 25.7. The van der Waals surface area contributed by atoms with E-state index in [0.29, 0.717) is 17.9 Å². The monoisotopic (exact) mass is 542 g/mol. The lowest BCUT2D eigenvalue weighted by atomic mass is 10.1. The Labute approximate surface area is 229 Å². The molecule has 39 heavy (non-hydrogen) atoms. The number of unbranched alkanes of at least 4 members (excludes halogenated alkanes) is 1. The van der Waals surface area contributed by atoms with Crippen molar-refractivity contribution in [1.82, 2.24) is 0 Å². The van der Waals surface area contributed by atoms with Crippen LogP contribution in [0.3, 0.4) is 0 Å². The van der Waals surface area contributed by atoms with Gasteiger partial charge in [0.2, 0.25) is 0 Å². The van der Waals surface area contributed by atoms with Gasteiger partial charge in [-0.2, -0.15) is 0 Å². The van der Waals surface area contributed by atoms with Crippen LogP contribution in [0.2, 0.25) is 0 Å². The van der Waals surface area contributed by atoms with E-state index in [1.165, 1.54) is 16.4 Å². The summed E-state index contributed by atoms with van der Waals surface area (Å²) in [6.07, 6.45) is 1.72. The van der Waals surface area contributed by atoms with Crippen LogP contribution in [-0.4, -0.2) is 26.9 Å². The SMILES string of the molecule is CCCCOC(=O)c1ccc(NC(=O)c2ccccc2N(Cc2ccccc2)S(=O)(=O)c2ccccc2)cc1. The van der Waals surface area contributed by atoms with Gasteiger partial charge in [-0.15, -0.1) is 0 Å². The van der Waals surface area contributed by atoms with Crippen molar-refractivity contribution in [2.45, 2.75) is 31.2 Å². The van der Waals surface area contributed by atoms with Crippen LogP contribution in [0.4, 0.5) is 11.4 Å². The van der Waals surface area contributed by atoms with E-state index in [-0.39, 0.29) is 22.7 Å². The number of hydrogen-bond donors (Lipinski definition) is 1. The van der Waals surface area contributed by atoms with Crippen LogP contribution in [0.25, 0.3) is 0 Å². The third-order valence-electron chi connectivity index (χ3n) is 6.03. The van der Waals surface area contributed by atoms with E-state index in [1.54, 1.807) is 66.7 Å². The maximum absolute atomic E-state index is 13.8. The highest BCUT2D eigenvalue weighted by molar-refractivity contribution is 7.92. The zero-order chi connectivity index (χ0) is 27.7. The third-order valence-corrected chi connectivity index (χ3v) is 7.80. The van der Waals surface area contributed by atoms with Crippen molar-refractivity contribution >= 4 is 33.3 Å². The molecule has 4 rings (SSSR count). The zero-order valence-electron chi connectivity index (χ0n) is 21.6. The Bertz CT molecular complexity index is 1510. The summed E-state index contributed by atoms with van der Waals surface area (Å²) in [7, 11) is -4.00. The number of carbonyl (C=O) groups excluding carboxylic acids is 2. The van der Waals surface area contributed by atoms with E-state index < -0.39 is 21.9 Å². The lowest BCUT2D eigenvalue weighted by molar-refractivity contribution is 0.0499. The summed E-state index contributed by atoms with van der Waals surface area (Å²) >= 11 is 0. The van der Waals surface area contributed by atoms with E-state index >= 15 is 0 Å². The number of nitrogens with zero attached hydrogens (tertiary/aromatic N) is 1. The number of benzene rings is 4. The van der Waals surface area contributed by atoms with Crippen molar-refractivity contribution in [1.29, 1.82) is 0 Å². The molecule has 1 amide bonds. The molecule has 0 atom stereocenters. The van der Waals surface area contributed by atoms with E-state index in [1.807, 2.05) is 37.3 Å². The molecular weight excluding hydrogens is 512 g/mol. The Balaban J connectivity index is 1.63. The normalized spacial score (nSPS) is 11.0. The number of amides is 1. The molecule has 0 aliphatic carbocycles. The first-order chi connectivity index (χ1) is 18.9. The molecular formula is C31H30N2O5S. The summed E-state index contributed by atoms with van der Waals surface area (Å²) < 4.78 is 34.1. The maximum atomic E-state index is 13.8. The van der Waals surface area contributed by atoms with E-state index in [4.69, 9.17) is 4.74 Å². The van der Waals surface area contributed by atoms with Crippen LogP contribution in [0.1, 0.15) is 46.0 Å². The van der Waals surface area contributed by atoms with Crippen LogP contribution in [0, 0.1) is 0 Å². The molecule has 0 fully saturated rings. The minimum absolute atomic E-state index is 0.0389. The third kappa shape index (κ3) is 6.91. The second-order valence-corrected chi connectivity index (χ2v) is 10.7. The average molecular weight is 543 g/mol. The quantitative estimate of drug-likeness (QED) is 0.178. The fourth-order valence-electron chi connectivity index (χ4n) is 3.93. The van der Waals surface area contributed by atoms with Gasteiger partial charge in [-0.05, 0) is 60.5 Å². The topological polar surface area (TPSA) is 92.8 Å².